The van der Waals surface area contributed by atoms with E-state index in [0.29, 0.717) is 5.89 Å². The maximum absolute atomic E-state index is 12.8. The van der Waals surface area contributed by atoms with E-state index in [4.69, 9.17) is 9.51 Å². The number of rotatable bonds is 5. The fourth-order valence-electron chi connectivity index (χ4n) is 5.32. The van der Waals surface area contributed by atoms with E-state index in [1.165, 1.54) is 5.69 Å². The molecule has 1 saturated heterocycles. The molecule has 41 heavy (non-hydrogen) atoms. The quantitative estimate of drug-likeness (QED) is 0.244. The predicted molar refractivity (Wildman–Crippen MR) is 166 cm³/mol. The Hall–Kier alpha value is -3.83. The minimum atomic E-state index is -0.369. The first-order valence-electron chi connectivity index (χ1n) is 13.7. The average molecular weight is 620 g/mol. The molecular weight excluding hydrogens is 584 g/mol. The molecule has 1 atom stereocenters. The summed E-state index contributed by atoms with van der Waals surface area (Å²) in [6.07, 6.45) is 1.60. The molecule has 1 amide bonds. The van der Waals surface area contributed by atoms with Gasteiger partial charge in [0.05, 0.1) is 17.1 Å². The van der Waals surface area contributed by atoms with Crippen LogP contribution in [0.2, 0.25) is 0 Å². The van der Waals surface area contributed by atoms with Crippen molar-refractivity contribution in [1.82, 2.24) is 35.7 Å². The molecule has 5 aromatic rings. The zero-order chi connectivity index (χ0) is 28.0. The third-order valence-electron chi connectivity index (χ3n) is 7.48. The van der Waals surface area contributed by atoms with Crippen molar-refractivity contribution >= 4 is 50.5 Å². The van der Waals surface area contributed by atoms with Gasteiger partial charge in [0.25, 0.3) is 11.7 Å². The highest BCUT2D eigenvalue weighted by Crippen LogP contribution is 2.35. The van der Waals surface area contributed by atoms with Gasteiger partial charge >= 0.3 is 0 Å². The molecule has 3 aromatic heterocycles. The summed E-state index contributed by atoms with van der Waals surface area (Å²) in [5, 5.41) is 12.4. The van der Waals surface area contributed by atoms with Crippen molar-refractivity contribution in [2.45, 2.75) is 46.1 Å². The molecule has 0 spiro atoms. The third-order valence-corrected chi connectivity index (χ3v) is 7.48. The second-order valence-electron chi connectivity index (χ2n) is 11.5. The summed E-state index contributed by atoms with van der Waals surface area (Å²) in [6.45, 7) is 13.8. The molecule has 0 radical (unpaired) electrons. The highest BCUT2D eigenvalue weighted by atomic mass is 79.9. The first kappa shape index (κ1) is 28.7. The van der Waals surface area contributed by atoms with Crippen molar-refractivity contribution in [3.63, 3.8) is 0 Å². The van der Waals surface area contributed by atoms with Crippen LogP contribution >= 0.6 is 17.0 Å². The molecule has 0 bridgehead atoms. The second kappa shape index (κ2) is 11.2. The van der Waals surface area contributed by atoms with Gasteiger partial charge in [-0.15, -0.1) is 17.0 Å². The summed E-state index contributed by atoms with van der Waals surface area (Å²) in [6, 6.07) is 12.5. The molecule has 0 saturated carbocycles. The molecule has 10 nitrogen and oxygen atoms in total. The second-order valence-corrected chi connectivity index (χ2v) is 11.5. The number of hydrogen-bond donors (Lipinski definition) is 3. The fourth-order valence-corrected chi connectivity index (χ4v) is 5.32. The number of amides is 1. The summed E-state index contributed by atoms with van der Waals surface area (Å²) in [5.41, 5.74) is 6.66. The number of benzene rings is 2. The van der Waals surface area contributed by atoms with Crippen LogP contribution in [-0.2, 0) is 5.41 Å². The number of aryl methyl sites for hydroxylation is 1. The Morgan fingerprint density at radius 3 is 2.59 bits per heavy atom. The Morgan fingerprint density at radius 2 is 1.88 bits per heavy atom. The molecule has 3 N–H and O–H groups in total. The van der Waals surface area contributed by atoms with Crippen LogP contribution < -0.4 is 15.5 Å². The minimum Gasteiger partial charge on any atom is -0.369 e. The van der Waals surface area contributed by atoms with Gasteiger partial charge in [0, 0.05) is 53.7 Å². The summed E-state index contributed by atoms with van der Waals surface area (Å²) in [5.74, 6) is 0.0971. The number of aromatic amines is 1. The van der Waals surface area contributed by atoms with Crippen LogP contribution in [0.5, 0.6) is 0 Å². The van der Waals surface area contributed by atoms with E-state index in [2.05, 4.69) is 59.9 Å². The number of halogens is 1. The molecule has 4 heterocycles. The molecule has 1 aliphatic rings. The van der Waals surface area contributed by atoms with Crippen molar-refractivity contribution in [2.24, 2.45) is 0 Å². The average Bonchev–Trinajstić information content (AvgIpc) is 3.58. The number of nitrogens with zero attached hydrogens (tertiary/aromatic N) is 5. The lowest BCUT2D eigenvalue weighted by molar-refractivity contribution is 0.0926. The van der Waals surface area contributed by atoms with E-state index >= 15 is 0 Å². The van der Waals surface area contributed by atoms with E-state index < -0.39 is 0 Å². The number of anilines is 1. The zero-order valence-corrected chi connectivity index (χ0v) is 25.6. The highest BCUT2D eigenvalue weighted by molar-refractivity contribution is 8.93. The van der Waals surface area contributed by atoms with Crippen LogP contribution in [-0.4, -0.2) is 57.2 Å². The third kappa shape index (κ3) is 5.56. The van der Waals surface area contributed by atoms with Gasteiger partial charge in [-0.1, -0.05) is 44.1 Å². The monoisotopic (exact) mass is 618 g/mol. The van der Waals surface area contributed by atoms with E-state index in [0.717, 1.165) is 70.5 Å². The van der Waals surface area contributed by atoms with Crippen LogP contribution in [0.15, 0.2) is 47.2 Å². The normalized spacial score (nSPS) is 14.7. The topological polar surface area (TPSA) is 125 Å². The number of fused-ring (bicyclic) bond motifs is 3. The van der Waals surface area contributed by atoms with Crippen LogP contribution in [0.1, 0.15) is 61.4 Å². The van der Waals surface area contributed by atoms with Gasteiger partial charge in [0.1, 0.15) is 12.0 Å². The van der Waals surface area contributed by atoms with E-state index in [9.17, 15) is 4.79 Å². The maximum Gasteiger partial charge on any atom is 0.293 e. The van der Waals surface area contributed by atoms with Crippen molar-refractivity contribution in [2.75, 3.05) is 31.1 Å². The van der Waals surface area contributed by atoms with Crippen molar-refractivity contribution in [3.05, 3.63) is 65.6 Å². The number of nitrogens with one attached hydrogen (secondary N) is 3. The lowest BCUT2D eigenvalue weighted by Gasteiger charge is -2.29. The molecular formula is C30H35BrN8O2. The first-order chi connectivity index (χ1) is 19.2. The Morgan fingerprint density at radius 1 is 1.10 bits per heavy atom. The van der Waals surface area contributed by atoms with Crippen molar-refractivity contribution in [3.8, 4) is 11.3 Å². The van der Waals surface area contributed by atoms with Crippen molar-refractivity contribution < 1.29 is 9.32 Å². The fraction of sp³-hybridized carbons (Fsp3) is 0.367. The summed E-state index contributed by atoms with van der Waals surface area (Å²) >= 11 is 0. The lowest BCUT2D eigenvalue weighted by Crippen LogP contribution is -2.43. The molecule has 214 valence electrons. The van der Waals surface area contributed by atoms with Crippen LogP contribution in [0.25, 0.3) is 33.2 Å². The van der Waals surface area contributed by atoms with Gasteiger partial charge < -0.3 is 25.0 Å². The molecule has 1 aliphatic heterocycles. The number of hydrogen-bond acceptors (Lipinski definition) is 8. The van der Waals surface area contributed by atoms with E-state index in [1.807, 2.05) is 46.8 Å². The van der Waals surface area contributed by atoms with Crippen molar-refractivity contribution in [1.29, 1.82) is 0 Å². The van der Waals surface area contributed by atoms with E-state index in [1.54, 1.807) is 6.33 Å². The van der Waals surface area contributed by atoms with Crippen LogP contribution in [0.3, 0.4) is 0 Å². The molecule has 6 rings (SSSR count). The summed E-state index contributed by atoms with van der Waals surface area (Å²) < 4.78 is 5.28. The lowest BCUT2D eigenvalue weighted by atomic mass is 9.97. The van der Waals surface area contributed by atoms with Gasteiger partial charge in [0.15, 0.2) is 0 Å². The Kier molecular flexibility index (Phi) is 7.85. The Balaban J connectivity index is 0.00000337. The number of H-pyrrole nitrogens is 1. The molecule has 0 aliphatic carbocycles. The standard InChI is InChI=1S/C30H34N8O2.BrH/c1-17-14-19(6-8-21(17)18(2)34-28(39)27-36-29(40-37-27)30(3,4)5)25-24-22-9-7-20(38-12-10-31-11-13-38)15-23(22)35-26(24)33-16-32-25;/h6-9,14-16,18,31H,10-13H2,1-5H3,(H,34,39)(H,32,33,35);1H/t18-;/m1./s1. The van der Waals surface area contributed by atoms with Gasteiger partial charge in [-0.2, -0.15) is 4.98 Å². The molecule has 1 fully saturated rings. The van der Waals surface area contributed by atoms with E-state index in [-0.39, 0.29) is 40.2 Å². The zero-order valence-electron chi connectivity index (χ0n) is 23.9. The Bertz CT molecular complexity index is 1720. The number of carbonyl (C=O) groups is 1. The number of piperazine rings is 1. The molecule has 0 unspecified atom stereocenters. The van der Waals surface area contributed by atoms with Gasteiger partial charge in [-0.25, -0.2) is 9.97 Å². The maximum atomic E-state index is 12.8. The van der Waals surface area contributed by atoms with Gasteiger partial charge in [-0.05, 0) is 43.2 Å². The molecule has 11 heteroatoms. The summed E-state index contributed by atoms with van der Waals surface area (Å²) in [4.78, 5) is 32.2. The summed E-state index contributed by atoms with van der Waals surface area (Å²) in [7, 11) is 0. The van der Waals surface area contributed by atoms with Crippen LogP contribution in [0, 0.1) is 6.92 Å². The smallest absolute Gasteiger partial charge is 0.293 e. The van der Waals surface area contributed by atoms with Crippen LogP contribution in [0.4, 0.5) is 5.69 Å². The minimum absolute atomic E-state index is 0. The largest absolute Gasteiger partial charge is 0.369 e. The van der Waals surface area contributed by atoms with Gasteiger partial charge in [0.2, 0.25) is 5.89 Å². The van der Waals surface area contributed by atoms with Gasteiger partial charge in [-0.3, -0.25) is 4.79 Å². The predicted octanol–water partition coefficient (Wildman–Crippen LogP) is 5.25. The first-order valence-corrected chi connectivity index (χ1v) is 13.7. The number of carbonyl (C=O) groups excluding carboxylic acids is 1. The molecule has 2 aromatic carbocycles. The number of aromatic nitrogens is 5. The highest BCUT2D eigenvalue weighted by Gasteiger charge is 2.25. The SMILES string of the molecule is Br.Cc1cc(-c2ncnc3[nH]c4cc(N5CCNCC5)ccc4c23)ccc1[C@@H](C)NC(=O)c1noc(C(C)(C)C)n1. The Labute approximate surface area is 249 Å².